The second-order valence-electron chi connectivity index (χ2n) is 6.58. The molecule has 0 aromatic carbocycles. The van der Waals surface area contributed by atoms with E-state index in [1.165, 1.54) is 0 Å². The standard InChI is InChI=1S/C15H25N3O2S/c1-11(2)15-4-3-7-18(15)21(19,20)14-8-13(9-16)17(10-14)12-5-6-12/h8,10-12,15H,3-7,9,16H2,1-2H3. The first-order valence-corrected chi connectivity index (χ1v) is 9.32. The molecule has 1 unspecified atom stereocenters. The van der Waals surface area contributed by atoms with Gasteiger partial charge in [-0.2, -0.15) is 4.31 Å². The summed E-state index contributed by atoms with van der Waals surface area (Å²) in [5.74, 6) is 0.349. The van der Waals surface area contributed by atoms with Gasteiger partial charge in [0.2, 0.25) is 10.0 Å². The Morgan fingerprint density at radius 3 is 2.62 bits per heavy atom. The lowest BCUT2D eigenvalue weighted by atomic mass is 10.0. The molecule has 1 aromatic rings. The first-order valence-electron chi connectivity index (χ1n) is 7.88. The minimum Gasteiger partial charge on any atom is -0.346 e. The molecule has 2 heterocycles. The second kappa shape index (κ2) is 5.41. The lowest BCUT2D eigenvalue weighted by Crippen LogP contribution is -2.38. The minimum atomic E-state index is -3.39. The van der Waals surface area contributed by atoms with Gasteiger partial charge in [-0.1, -0.05) is 13.8 Å². The molecule has 21 heavy (non-hydrogen) atoms. The molecule has 118 valence electrons. The average molecular weight is 311 g/mol. The van der Waals surface area contributed by atoms with Crippen molar-refractivity contribution in [2.24, 2.45) is 11.7 Å². The number of hydrogen-bond donors (Lipinski definition) is 1. The molecular formula is C15H25N3O2S. The molecule has 0 spiro atoms. The van der Waals surface area contributed by atoms with Gasteiger partial charge in [-0.05, 0) is 37.7 Å². The third-order valence-electron chi connectivity index (χ3n) is 4.68. The molecule has 6 heteroatoms. The second-order valence-corrected chi connectivity index (χ2v) is 8.47. The summed E-state index contributed by atoms with van der Waals surface area (Å²) < 4.78 is 29.7. The van der Waals surface area contributed by atoms with Crippen LogP contribution in [0.1, 0.15) is 51.3 Å². The fourth-order valence-electron chi connectivity index (χ4n) is 3.36. The quantitative estimate of drug-likeness (QED) is 0.905. The highest BCUT2D eigenvalue weighted by Gasteiger charge is 2.38. The van der Waals surface area contributed by atoms with Crippen molar-refractivity contribution in [1.82, 2.24) is 8.87 Å². The van der Waals surface area contributed by atoms with Crippen molar-refractivity contribution in [3.8, 4) is 0 Å². The van der Waals surface area contributed by atoms with Crippen LogP contribution in [0.5, 0.6) is 0 Å². The van der Waals surface area contributed by atoms with Gasteiger partial charge in [0, 0.05) is 37.1 Å². The molecule has 3 rings (SSSR count). The first-order chi connectivity index (χ1) is 9.95. The predicted octanol–water partition coefficient (Wildman–Crippen LogP) is 2.09. The Morgan fingerprint density at radius 2 is 2.05 bits per heavy atom. The molecule has 1 aromatic heterocycles. The van der Waals surface area contributed by atoms with Crippen molar-refractivity contribution in [2.45, 2.75) is 63.1 Å². The Labute approximate surface area is 127 Å². The Kier molecular flexibility index (Phi) is 3.88. The van der Waals surface area contributed by atoms with E-state index < -0.39 is 10.0 Å². The van der Waals surface area contributed by atoms with Crippen molar-refractivity contribution >= 4 is 10.0 Å². The third kappa shape index (κ3) is 2.64. The summed E-state index contributed by atoms with van der Waals surface area (Å²) in [6.07, 6.45) is 5.96. The SMILES string of the molecule is CC(C)C1CCCN1S(=O)(=O)c1cc(CN)n(C2CC2)c1. The van der Waals surface area contributed by atoms with Crippen LogP contribution in [0.15, 0.2) is 17.2 Å². The number of sulfonamides is 1. The van der Waals surface area contributed by atoms with Crippen LogP contribution in [0.3, 0.4) is 0 Å². The van der Waals surface area contributed by atoms with Crippen molar-refractivity contribution in [2.75, 3.05) is 6.54 Å². The molecule has 2 N–H and O–H groups in total. The minimum absolute atomic E-state index is 0.126. The Morgan fingerprint density at radius 1 is 1.33 bits per heavy atom. The lowest BCUT2D eigenvalue weighted by Gasteiger charge is -2.26. The average Bonchev–Trinajstić information content (AvgIpc) is 3.01. The smallest absolute Gasteiger partial charge is 0.244 e. The Balaban J connectivity index is 1.94. The maximum Gasteiger partial charge on any atom is 0.244 e. The van der Waals surface area contributed by atoms with Gasteiger partial charge in [0.1, 0.15) is 4.90 Å². The van der Waals surface area contributed by atoms with E-state index in [1.54, 1.807) is 16.6 Å². The molecule has 1 saturated heterocycles. The Hall–Kier alpha value is -0.850. The van der Waals surface area contributed by atoms with Crippen LogP contribution in [-0.2, 0) is 16.6 Å². The zero-order valence-corrected chi connectivity index (χ0v) is 13.6. The number of hydrogen-bond acceptors (Lipinski definition) is 3. The lowest BCUT2D eigenvalue weighted by molar-refractivity contribution is 0.315. The zero-order chi connectivity index (χ0) is 15.2. The van der Waals surface area contributed by atoms with E-state index in [2.05, 4.69) is 18.4 Å². The molecule has 0 radical (unpaired) electrons. The highest BCUT2D eigenvalue weighted by molar-refractivity contribution is 7.89. The summed E-state index contributed by atoms with van der Waals surface area (Å²) in [6.45, 7) is 5.22. The summed E-state index contributed by atoms with van der Waals surface area (Å²) in [6, 6.07) is 2.34. The van der Waals surface area contributed by atoms with E-state index in [4.69, 9.17) is 5.73 Å². The normalized spacial score (nSPS) is 24.1. The molecular weight excluding hydrogens is 286 g/mol. The first kappa shape index (κ1) is 15.1. The molecule has 1 saturated carbocycles. The van der Waals surface area contributed by atoms with E-state index >= 15 is 0 Å². The van der Waals surface area contributed by atoms with Crippen LogP contribution in [0.4, 0.5) is 0 Å². The molecule has 1 aliphatic carbocycles. The number of nitrogens with zero attached hydrogens (tertiary/aromatic N) is 2. The largest absolute Gasteiger partial charge is 0.346 e. The van der Waals surface area contributed by atoms with E-state index in [-0.39, 0.29) is 6.04 Å². The number of rotatable bonds is 5. The fraction of sp³-hybridized carbons (Fsp3) is 0.733. The van der Waals surface area contributed by atoms with Gasteiger partial charge in [-0.3, -0.25) is 0 Å². The molecule has 2 aliphatic rings. The fourth-order valence-corrected chi connectivity index (χ4v) is 5.24. The zero-order valence-electron chi connectivity index (χ0n) is 12.8. The van der Waals surface area contributed by atoms with Crippen LogP contribution < -0.4 is 5.73 Å². The number of nitrogens with two attached hydrogens (primary N) is 1. The highest BCUT2D eigenvalue weighted by atomic mass is 32.2. The molecule has 0 amide bonds. The van der Waals surface area contributed by atoms with Gasteiger partial charge in [0.25, 0.3) is 0 Å². The highest BCUT2D eigenvalue weighted by Crippen LogP contribution is 2.38. The van der Waals surface area contributed by atoms with Gasteiger partial charge in [-0.15, -0.1) is 0 Å². The van der Waals surface area contributed by atoms with Gasteiger partial charge in [0.05, 0.1) is 0 Å². The van der Waals surface area contributed by atoms with Crippen molar-refractivity contribution in [3.05, 3.63) is 18.0 Å². The number of aromatic nitrogens is 1. The summed E-state index contributed by atoms with van der Waals surface area (Å²) in [5, 5.41) is 0. The molecule has 5 nitrogen and oxygen atoms in total. The summed E-state index contributed by atoms with van der Waals surface area (Å²) in [5.41, 5.74) is 6.70. The summed E-state index contributed by atoms with van der Waals surface area (Å²) >= 11 is 0. The van der Waals surface area contributed by atoms with Gasteiger partial charge < -0.3 is 10.3 Å². The van der Waals surface area contributed by atoms with Crippen molar-refractivity contribution in [1.29, 1.82) is 0 Å². The van der Waals surface area contributed by atoms with Crippen LogP contribution in [0.25, 0.3) is 0 Å². The molecule has 2 fully saturated rings. The monoisotopic (exact) mass is 311 g/mol. The van der Waals surface area contributed by atoms with Crippen LogP contribution >= 0.6 is 0 Å². The van der Waals surface area contributed by atoms with Crippen molar-refractivity contribution in [3.63, 3.8) is 0 Å². The van der Waals surface area contributed by atoms with Gasteiger partial charge >= 0.3 is 0 Å². The van der Waals surface area contributed by atoms with Gasteiger partial charge in [-0.25, -0.2) is 8.42 Å². The summed E-state index contributed by atoms with van der Waals surface area (Å²) in [4.78, 5) is 0.419. The van der Waals surface area contributed by atoms with E-state index in [0.29, 0.717) is 29.9 Å². The third-order valence-corrected chi connectivity index (χ3v) is 6.57. The van der Waals surface area contributed by atoms with Gasteiger partial charge in [0.15, 0.2) is 0 Å². The molecule has 1 atom stereocenters. The van der Waals surface area contributed by atoms with E-state index in [9.17, 15) is 8.42 Å². The Bertz CT molecular complexity index is 617. The van der Waals surface area contributed by atoms with Crippen molar-refractivity contribution < 1.29 is 8.42 Å². The van der Waals surface area contributed by atoms with E-state index in [1.807, 2.05) is 0 Å². The maximum absolute atomic E-state index is 12.9. The van der Waals surface area contributed by atoms with Crippen LogP contribution in [0, 0.1) is 5.92 Å². The predicted molar refractivity (Wildman–Crippen MR) is 82.3 cm³/mol. The van der Waals surface area contributed by atoms with Crippen LogP contribution in [0.2, 0.25) is 0 Å². The van der Waals surface area contributed by atoms with E-state index in [0.717, 1.165) is 31.4 Å². The molecule has 0 bridgehead atoms. The maximum atomic E-state index is 12.9. The molecule has 1 aliphatic heterocycles. The van der Waals surface area contributed by atoms with Crippen LogP contribution in [-0.4, -0.2) is 29.9 Å². The topological polar surface area (TPSA) is 68.3 Å². The summed E-state index contributed by atoms with van der Waals surface area (Å²) in [7, 11) is -3.39.